The minimum Gasteiger partial charge on any atom is -0.456 e. The van der Waals surface area contributed by atoms with E-state index in [9.17, 15) is 9.59 Å². The maximum Gasteiger partial charge on any atom is 0.358 e. The van der Waals surface area contributed by atoms with E-state index in [2.05, 4.69) is 4.98 Å². The molecule has 92 valence electrons. The normalized spacial score (nSPS) is 10.1. The van der Waals surface area contributed by atoms with Gasteiger partial charge < -0.3 is 9.30 Å². The Hall–Kier alpha value is -2.43. The molecule has 0 amide bonds. The highest BCUT2D eigenvalue weighted by Crippen LogP contribution is 2.05. The Balaban J connectivity index is 2.01. The highest BCUT2D eigenvalue weighted by molar-refractivity contribution is 5.88. The third-order valence-corrected chi connectivity index (χ3v) is 2.44. The molecule has 1 aromatic heterocycles. The molecule has 0 radical (unpaired) electrons. The first-order valence-electron chi connectivity index (χ1n) is 5.40. The lowest BCUT2D eigenvalue weighted by molar-refractivity contribution is 0.0466. The molecule has 0 bridgehead atoms. The van der Waals surface area contributed by atoms with Gasteiger partial charge in [0, 0.05) is 13.2 Å². The molecule has 1 aromatic carbocycles. The van der Waals surface area contributed by atoms with Crippen LogP contribution in [0.25, 0.3) is 0 Å². The maximum absolute atomic E-state index is 11.7. The molecule has 0 spiro atoms. The molecule has 0 N–H and O–H groups in total. The first kappa shape index (κ1) is 12.0. The number of imidazole rings is 1. The zero-order valence-electron chi connectivity index (χ0n) is 9.87. The molecule has 2 rings (SSSR count). The fraction of sp³-hybridized carbons (Fsp3) is 0.154. The van der Waals surface area contributed by atoms with Gasteiger partial charge in [-0.05, 0) is 5.56 Å². The minimum atomic E-state index is -0.539. The summed E-state index contributed by atoms with van der Waals surface area (Å²) in [4.78, 5) is 26.2. The van der Waals surface area contributed by atoms with Crippen LogP contribution in [0.3, 0.4) is 0 Å². The third kappa shape index (κ3) is 2.63. The van der Waals surface area contributed by atoms with E-state index in [4.69, 9.17) is 4.74 Å². The van der Waals surface area contributed by atoms with Crippen LogP contribution >= 0.6 is 0 Å². The van der Waals surface area contributed by atoms with E-state index in [1.807, 2.05) is 30.3 Å². The number of carbonyl (C=O) groups excluding carboxylic acids is 2. The van der Waals surface area contributed by atoms with E-state index >= 15 is 0 Å². The van der Waals surface area contributed by atoms with Crippen LogP contribution in [0.5, 0.6) is 0 Å². The van der Waals surface area contributed by atoms with Crippen LogP contribution in [0.4, 0.5) is 0 Å². The Morgan fingerprint density at radius 1 is 1.39 bits per heavy atom. The summed E-state index contributed by atoms with van der Waals surface area (Å²) in [5.74, 6) is -0.343. The van der Waals surface area contributed by atoms with Crippen LogP contribution in [-0.4, -0.2) is 21.8 Å². The second-order valence-electron chi connectivity index (χ2n) is 3.77. The van der Waals surface area contributed by atoms with Gasteiger partial charge in [-0.2, -0.15) is 0 Å². The van der Waals surface area contributed by atoms with Gasteiger partial charge in [0.1, 0.15) is 6.61 Å². The van der Waals surface area contributed by atoms with Gasteiger partial charge in [-0.1, -0.05) is 30.3 Å². The highest BCUT2D eigenvalue weighted by atomic mass is 16.5. The summed E-state index contributed by atoms with van der Waals surface area (Å²) in [6.07, 6.45) is 2.06. The largest absolute Gasteiger partial charge is 0.456 e. The summed E-state index contributed by atoms with van der Waals surface area (Å²) in [5.41, 5.74) is 1.04. The van der Waals surface area contributed by atoms with Gasteiger partial charge in [0.25, 0.3) is 0 Å². The molecule has 1 heterocycles. The molecule has 18 heavy (non-hydrogen) atoms. The number of aromatic nitrogens is 2. The number of nitrogens with zero attached hydrogens (tertiary/aromatic N) is 2. The lowest BCUT2D eigenvalue weighted by Crippen LogP contribution is -2.05. The second kappa shape index (κ2) is 5.27. The smallest absolute Gasteiger partial charge is 0.358 e. The lowest BCUT2D eigenvalue weighted by Gasteiger charge is -2.02. The summed E-state index contributed by atoms with van der Waals surface area (Å²) < 4.78 is 6.57. The van der Waals surface area contributed by atoms with Crippen LogP contribution in [0, 0.1) is 0 Å². The van der Waals surface area contributed by atoms with Crippen molar-refractivity contribution in [2.24, 2.45) is 7.05 Å². The first-order valence-corrected chi connectivity index (χ1v) is 5.40. The van der Waals surface area contributed by atoms with Gasteiger partial charge in [0.2, 0.25) is 0 Å². The highest BCUT2D eigenvalue weighted by Gasteiger charge is 2.13. The van der Waals surface area contributed by atoms with Gasteiger partial charge in [-0.25, -0.2) is 9.78 Å². The average molecular weight is 244 g/mol. The first-order chi connectivity index (χ1) is 8.70. The number of benzene rings is 1. The van der Waals surface area contributed by atoms with Crippen LogP contribution < -0.4 is 0 Å². The van der Waals surface area contributed by atoms with Crippen molar-refractivity contribution in [1.29, 1.82) is 0 Å². The molecule has 0 fully saturated rings. The third-order valence-electron chi connectivity index (χ3n) is 2.44. The molecule has 0 unspecified atom stereocenters. The van der Waals surface area contributed by atoms with E-state index < -0.39 is 5.97 Å². The van der Waals surface area contributed by atoms with Crippen molar-refractivity contribution in [2.45, 2.75) is 6.61 Å². The summed E-state index contributed by atoms with van der Waals surface area (Å²) >= 11 is 0. The molecule has 0 aliphatic heterocycles. The van der Waals surface area contributed by atoms with Crippen molar-refractivity contribution in [3.05, 3.63) is 53.6 Å². The van der Waals surface area contributed by atoms with Crippen LogP contribution in [0.1, 0.15) is 26.7 Å². The monoisotopic (exact) mass is 244 g/mol. The number of aryl methyl sites for hydroxylation is 1. The number of hydrogen-bond donors (Lipinski definition) is 0. The zero-order valence-corrected chi connectivity index (χ0v) is 9.87. The molecular weight excluding hydrogens is 232 g/mol. The van der Waals surface area contributed by atoms with Gasteiger partial charge in [-0.3, -0.25) is 4.79 Å². The lowest BCUT2D eigenvalue weighted by atomic mass is 10.2. The summed E-state index contributed by atoms with van der Waals surface area (Å²) in [6.45, 7) is 0.187. The van der Waals surface area contributed by atoms with Crippen LogP contribution in [0.2, 0.25) is 0 Å². The molecule has 2 aromatic rings. The van der Waals surface area contributed by atoms with E-state index in [0.29, 0.717) is 6.29 Å². The summed E-state index contributed by atoms with van der Waals surface area (Å²) in [5, 5.41) is 0. The molecule has 0 aliphatic rings. The minimum absolute atomic E-state index is 0.135. The summed E-state index contributed by atoms with van der Waals surface area (Å²) in [7, 11) is 1.64. The van der Waals surface area contributed by atoms with Crippen LogP contribution in [-0.2, 0) is 18.4 Å². The Morgan fingerprint density at radius 3 is 2.72 bits per heavy atom. The van der Waals surface area contributed by atoms with Gasteiger partial charge in [0.05, 0.1) is 0 Å². The zero-order chi connectivity index (χ0) is 13.0. The quantitative estimate of drug-likeness (QED) is 0.605. The number of carbonyl (C=O) groups is 2. The molecular formula is C13H12N2O3. The van der Waals surface area contributed by atoms with Gasteiger partial charge in [0.15, 0.2) is 17.8 Å². The summed E-state index contributed by atoms with van der Waals surface area (Å²) in [6, 6.07) is 9.36. The van der Waals surface area contributed by atoms with Gasteiger partial charge >= 0.3 is 5.97 Å². The fourth-order valence-corrected chi connectivity index (χ4v) is 1.49. The fourth-order valence-electron chi connectivity index (χ4n) is 1.49. The second-order valence-corrected chi connectivity index (χ2v) is 3.77. The SMILES string of the molecule is Cn1cc(C(=O)OCc2ccccc2)nc1C=O. The Morgan fingerprint density at radius 2 is 2.11 bits per heavy atom. The van der Waals surface area contributed by atoms with Crippen LogP contribution in [0.15, 0.2) is 36.5 Å². The number of ether oxygens (including phenoxy) is 1. The number of esters is 1. The Kier molecular flexibility index (Phi) is 3.52. The van der Waals surface area contributed by atoms with Crippen molar-refractivity contribution in [3.63, 3.8) is 0 Å². The Labute approximate surface area is 104 Å². The average Bonchev–Trinajstić information content (AvgIpc) is 2.78. The predicted octanol–water partition coefficient (Wildman–Crippen LogP) is 1.59. The van der Waals surface area contributed by atoms with Gasteiger partial charge in [-0.15, -0.1) is 0 Å². The van der Waals surface area contributed by atoms with E-state index in [-0.39, 0.29) is 18.1 Å². The predicted molar refractivity (Wildman–Crippen MR) is 64.2 cm³/mol. The van der Waals surface area contributed by atoms with Crippen molar-refractivity contribution in [2.75, 3.05) is 0 Å². The Bertz CT molecular complexity index is 561. The molecule has 0 aliphatic carbocycles. The number of rotatable bonds is 4. The topological polar surface area (TPSA) is 61.2 Å². The number of hydrogen-bond acceptors (Lipinski definition) is 4. The van der Waals surface area contributed by atoms with Crippen molar-refractivity contribution in [1.82, 2.24) is 9.55 Å². The molecule has 0 atom stereocenters. The molecule has 5 nitrogen and oxygen atoms in total. The standard InChI is InChI=1S/C13H12N2O3/c1-15-7-11(14-12(15)8-16)13(17)18-9-10-5-3-2-4-6-10/h2-8H,9H2,1H3. The van der Waals surface area contributed by atoms with Crippen molar-refractivity contribution < 1.29 is 14.3 Å². The molecule has 5 heteroatoms. The van der Waals surface area contributed by atoms with E-state index in [1.54, 1.807) is 7.05 Å². The van der Waals surface area contributed by atoms with Crippen molar-refractivity contribution in [3.8, 4) is 0 Å². The molecule has 0 saturated heterocycles. The maximum atomic E-state index is 11.7. The van der Waals surface area contributed by atoms with E-state index in [0.717, 1.165) is 5.56 Å². The number of aldehydes is 1. The molecule has 0 saturated carbocycles. The van der Waals surface area contributed by atoms with E-state index in [1.165, 1.54) is 10.8 Å². The van der Waals surface area contributed by atoms with Crippen molar-refractivity contribution >= 4 is 12.3 Å².